The standard InChI is InChI=1S/C19H21ClN4O4S/c1-23(2)29(25,26)24(12-14-4-10-17(27-3)11-5-14)13-18-21-19(22-28-18)15-6-8-16(20)9-7-15/h4-11H,12-13H2,1-3H3. The Balaban J connectivity index is 1.84. The van der Waals surface area contributed by atoms with Crippen molar-refractivity contribution in [2.45, 2.75) is 13.1 Å². The first-order valence-electron chi connectivity index (χ1n) is 8.68. The van der Waals surface area contributed by atoms with Crippen LogP contribution in [0.15, 0.2) is 53.1 Å². The Hall–Kier alpha value is -2.46. The van der Waals surface area contributed by atoms with E-state index in [0.717, 1.165) is 15.4 Å². The van der Waals surface area contributed by atoms with Gasteiger partial charge in [0.25, 0.3) is 10.2 Å². The molecule has 0 amide bonds. The van der Waals surface area contributed by atoms with Crippen molar-refractivity contribution in [3.8, 4) is 17.1 Å². The monoisotopic (exact) mass is 436 g/mol. The highest BCUT2D eigenvalue weighted by molar-refractivity contribution is 7.86. The minimum Gasteiger partial charge on any atom is -0.497 e. The number of hydrogen-bond acceptors (Lipinski definition) is 6. The van der Waals surface area contributed by atoms with Gasteiger partial charge < -0.3 is 9.26 Å². The molecule has 0 N–H and O–H groups in total. The summed E-state index contributed by atoms with van der Waals surface area (Å²) in [6, 6.07) is 14.2. The number of hydrogen-bond donors (Lipinski definition) is 0. The molecule has 0 radical (unpaired) electrons. The van der Waals surface area contributed by atoms with Gasteiger partial charge in [0.05, 0.1) is 13.7 Å². The Labute approximate surface area is 174 Å². The largest absolute Gasteiger partial charge is 0.497 e. The summed E-state index contributed by atoms with van der Waals surface area (Å²) < 4.78 is 38.5. The lowest BCUT2D eigenvalue weighted by Crippen LogP contribution is -2.39. The molecule has 2 aromatic carbocycles. The first-order valence-corrected chi connectivity index (χ1v) is 10.5. The number of rotatable bonds is 8. The molecule has 0 fully saturated rings. The lowest BCUT2D eigenvalue weighted by atomic mass is 10.2. The number of methoxy groups -OCH3 is 1. The van der Waals surface area contributed by atoms with Gasteiger partial charge in [-0.1, -0.05) is 28.9 Å². The highest BCUT2D eigenvalue weighted by atomic mass is 35.5. The molecule has 154 valence electrons. The topological polar surface area (TPSA) is 88.8 Å². The van der Waals surface area contributed by atoms with Crippen molar-refractivity contribution in [3.05, 3.63) is 65.0 Å². The molecule has 0 aliphatic heterocycles. The van der Waals surface area contributed by atoms with Crippen LogP contribution in [0.2, 0.25) is 5.02 Å². The summed E-state index contributed by atoms with van der Waals surface area (Å²) in [4.78, 5) is 4.33. The fourth-order valence-electron chi connectivity index (χ4n) is 2.57. The van der Waals surface area contributed by atoms with Gasteiger partial charge in [0.1, 0.15) is 5.75 Å². The average molecular weight is 437 g/mol. The van der Waals surface area contributed by atoms with Gasteiger partial charge in [0, 0.05) is 31.2 Å². The second-order valence-corrected chi connectivity index (χ2v) is 9.00. The Bertz CT molecular complexity index is 1050. The molecule has 10 heteroatoms. The molecule has 0 saturated heterocycles. The van der Waals surface area contributed by atoms with Gasteiger partial charge >= 0.3 is 0 Å². The molecule has 3 rings (SSSR count). The zero-order chi connectivity index (χ0) is 21.0. The first kappa shape index (κ1) is 21.3. The molecule has 1 aromatic heterocycles. The summed E-state index contributed by atoms with van der Waals surface area (Å²) in [6.45, 7) is 0.0797. The van der Waals surface area contributed by atoms with Crippen molar-refractivity contribution in [1.82, 2.24) is 18.8 Å². The highest BCUT2D eigenvalue weighted by Gasteiger charge is 2.27. The van der Waals surface area contributed by atoms with Crippen LogP contribution in [-0.2, 0) is 23.3 Å². The summed E-state index contributed by atoms with van der Waals surface area (Å²) >= 11 is 5.90. The number of ether oxygens (including phenoxy) is 1. The Kier molecular flexibility index (Phi) is 6.53. The molecule has 3 aromatic rings. The third kappa shape index (κ3) is 5.13. The van der Waals surface area contributed by atoms with Crippen LogP contribution in [-0.4, -0.2) is 48.4 Å². The smallest absolute Gasteiger partial charge is 0.282 e. The molecule has 0 aliphatic carbocycles. The van der Waals surface area contributed by atoms with Crippen LogP contribution >= 0.6 is 11.6 Å². The Morgan fingerprint density at radius 1 is 1.03 bits per heavy atom. The van der Waals surface area contributed by atoms with E-state index in [0.29, 0.717) is 16.6 Å². The van der Waals surface area contributed by atoms with Crippen LogP contribution in [0.5, 0.6) is 5.75 Å². The molecule has 0 bridgehead atoms. The van der Waals surface area contributed by atoms with Crippen molar-refractivity contribution in [3.63, 3.8) is 0 Å². The lowest BCUT2D eigenvalue weighted by molar-refractivity contribution is 0.300. The molecule has 8 nitrogen and oxygen atoms in total. The molecule has 1 heterocycles. The van der Waals surface area contributed by atoms with Crippen molar-refractivity contribution >= 4 is 21.8 Å². The maximum Gasteiger partial charge on any atom is 0.282 e. The van der Waals surface area contributed by atoms with Crippen LogP contribution in [0, 0.1) is 0 Å². The van der Waals surface area contributed by atoms with E-state index in [2.05, 4.69) is 10.1 Å². The van der Waals surface area contributed by atoms with Crippen LogP contribution in [0.3, 0.4) is 0 Å². The molecule has 0 unspecified atom stereocenters. The first-order chi connectivity index (χ1) is 13.8. The second-order valence-electron chi connectivity index (χ2n) is 6.42. The SMILES string of the molecule is COc1ccc(CN(Cc2nc(-c3ccc(Cl)cc3)no2)S(=O)(=O)N(C)C)cc1. The van der Waals surface area contributed by atoms with Gasteiger partial charge in [-0.3, -0.25) is 0 Å². The van der Waals surface area contributed by atoms with Crippen molar-refractivity contribution in [2.75, 3.05) is 21.2 Å². The Morgan fingerprint density at radius 2 is 1.69 bits per heavy atom. The second kappa shape index (κ2) is 8.91. The molecular weight excluding hydrogens is 416 g/mol. The van der Waals surface area contributed by atoms with E-state index in [1.54, 1.807) is 43.5 Å². The number of benzene rings is 2. The summed E-state index contributed by atoms with van der Waals surface area (Å²) in [5.74, 6) is 1.25. The van der Waals surface area contributed by atoms with Crippen molar-refractivity contribution < 1.29 is 17.7 Å². The van der Waals surface area contributed by atoms with E-state index >= 15 is 0 Å². The van der Waals surface area contributed by atoms with Crippen LogP contribution < -0.4 is 4.74 Å². The quantitative estimate of drug-likeness (QED) is 0.538. The lowest BCUT2D eigenvalue weighted by Gasteiger charge is -2.24. The van der Waals surface area contributed by atoms with Crippen molar-refractivity contribution in [1.29, 1.82) is 0 Å². The molecule has 0 saturated carbocycles. The third-order valence-electron chi connectivity index (χ3n) is 4.19. The molecule has 29 heavy (non-hydrogen) atoms. The highest BCUT2D eigenvalue weighted by Crippen LogP contribution is 2.21. The van der Waals surface area contributed by atoms with Gasteiger partial charge in [0.2, 0.25) is 11.7 Å². The third-order valence-corrected chi connectivity index (χ3v) is 6.27. The number of aromatic nitrogens is 2. The molecule has 0 aliphatic rings. The van der Waals surface area contributed by atoms with Crippen LogP contribution in [0.4, 0.5) is 0 Å². The molecule has 0 spiro atoms. The zero-order valence-electron chi connectivity index (χ0n) is 16.2. The van der Waals surface area contributed by atoms with Crippen molar-refractivity contribution in [2.24, 2.45) is 0 Å². The van der Waals surface area contributed by atoms with E-state index in [1.807, 2.05) is 12.1 Å². The van der Waals surface area contributed by atoms with Gasteiger partial charge in [-0.25, -0.2) is 0 Å². The molecular formula is C19H21ClN4O4S. The van der Waals surface area contributed by atoms with Gasteiger partial charge in [-0.2, -0.15) is 22.0 Å². The van der Waals surface area contributed by atoms with E-state index < -0.39 is 10.2 Å². The fraction of sp³-hybridized carbons (Fsp3) is 0.263. The predicted molar refractivity (Wildman–Crippen MR) is 110 cm³/mol. The van der Waals surface area contributed by atoms with E-state index in [9.17, 15) is 8.42 Å². The van der Waals surface area contributed by atoms with E-state index in [4.69, 9.17) is 20.9 Å². The maximum absolute atomic E-state index is 12.8. The Morgan fingerprint density at radius 3 is 2.28 bits per heavy atom. The summed E-state index contributed by atoms with van der Waals surface area (Å²) in [5, 5.41) is 4.54. The summed E-state index contributed by atoms with van der Waals surface area (Å²) in [6.07, 6.45) is 0. The summed E-state index contributed by atoms with van der Waals surface area (Å²) in [7, 11) is 0.804. The minimum atomic E-state index is -3.72. The van der Waals surface area contributed by atoms with Gasteiger partial charge in [-0.15, -0.1) is 0 Å². The average Bonchev–Trinajstić information content (AvgIpc) is 3.17. The minimum absolute atomic E-state index is 0.0624. The predicted octanol–water partition coefficient (Wildman–Crippen LogP) is 3.21. The number of halogens is 1. The van der Waals surface area contributed by atoms with Gasteiger partial charge in [0.15, 0.2) is 0 Å². The van der Waals surface area contributed by atoms with Crippen LogP contribution in [0.1, 0.15) is 11.5 Å². The number of nitrogens with zero attached hydrogens (tertiary/aromatic N) is 4. The molecule has 0 atom stereocenters. The van der Waals surface area contributed by atoms with Crippen LogP contribution in [0.25, 0.3) is 11.4 Å². The van der Waals surface area contributed by atoms with E-state index in [-0.39, 0.29) is 19.0 Å². The fourth-order valence-corrected chi connectivity index (χ4v) is 3.74. The zero-order valence-corrected chi connectivity index (χ0v) is 17.8. The maximum atomic E-state index is 12.8. The normalized spacial score (nSPS) is 11.9. The van der Waals surface area contributed by atoms with Gasteiger partial charge in [-0.05, 0) is 42.0 Å². The summed E-state index contributed by atoms with van der Waals surface area (Å²) in [5.41, 5.74) is 1.52. The van der Waals surface area contributed by atoms with E-state index in [1.165, 1.54) is 18.4 Å².